The zero-order valence-electron chi connectivity index (χ0n) is 15.8. The highest BCUT2D eigenvalue weighted by atomic mass is 19.1. The number of rotatable bonds is 8. The smallest absolute Gasteiger partial charge is 0.277 e. The average Bonchev–Trinajstić information content (AvgIpc) is 2.61. The lowest BCUT2D eigenvalue weighted by Gasteiger charge is -2.20. The van der Waals surface area contributed by atoms with E-state index in [1.54, 1.807) is 44.5 Å². The number of nitrogens with one attached hydrogen (secondary N) is 2. The van der Waals surface area contributed by atoms with E-state index in [0.717, 1.165) is 10.5 Å². The number of methoxy groups -OCH3 is 1. The Kier molecular flexibility index (Phi) is 7.31. The van der Waals surface area contributed by atoms with E-state index in [9.17, 15) is 14.0 Å². The van der Waals surface area contributed by atoms with Crippen molar-refractivity contribution in [2.24, 2.45) is 0 Å². The Hall–Kier alpha value is -2.93. The van der Waals surface area contributed by atoms with Crippen LogP contribution in [0.3, 0.4) is 0 Å². The van der Waals surface area contributed by atoms with E-state index >= 15 is 0 Å². The first-order chi connectivity index (χ1) is 12.9. The van der Waals surface area contributed by atoms with Crippen LogP contribution in [0.25, 0.3) is 0 Å². The summed E-state index contributed by atoms with van der Waals surface area (Å²) < 4.78 is 18.4. The van der Waals surface area contributed by atoms with Gasteiger partial charge in [0.15, 0.2) is 6.54 Å². The summed E-state index contributed by atoms with van der Waals surface area (Å²) in [5, 5.41) is 2.74. The largest absolute Gasteiger partial charge is 0.497 e. The van der Waals surface area contributed by atoms with Gasteiger partial charge in [-0.1, -0.05) is 18.2 Å². The number of likely N-dealkylation sites (N-methyl/N-ethyl adjacent to an activating group) is 2. The minimum Gasteiger partial charge on any atom is -0.497 e. The van der Waals surface area contributed by atoms with Gasteiger partial charge in [-0.15, -0.1) is 0 Å². The van der Waals surface area contributed by atoms with E-state index in [-0.39, 0.29) is 30.7 Å². The number of nitrogens with zero attached hydrogens (tertiary/aromatic N) is 1. The number of quaternary nitrogens is 1. The van der Waals surface area contributed by atoms with E-state index in [4.69, 9.17) is 4.74 Å². The Morgan fingerprint density at radius 3 is 2.63 bits per heavy atom. The van der Waals surface area contributed by atoms with Gasteiger partial charge in [0.2, 0.25) is 5.91 Å². The molecule has 0 aliphatic heterocycles. The van der Waals surface area contributed by atoms with Crippen LogP contribution in [-0.4, -0.2) is 51.0 Å². The van der Waals surface area contributed by atoms with Gasteiger partial charge in [0.1, 0.15) is 18.1 Å². The molecule has 0 heterocycles. The number of hydrogen-bond donors (Lipinski definition) is 2. The quantitative estimate of drug-likeness (QED) is 0.723. The van der Waals surface area contributed by atoms with E-state index in [1.165, 1.54) is 17.0 Å². The first kappa shape index (κ1) is 20.4. The summed E-state index contributed by atoms with van der Waals surface area (Å²) in [4.78, 5) is 26.8. The average molecular weight is 374 g/mol. The molecule has 6 nitrogen and oxygen atoms in total. The Labute approximate surface area is 158 Å². The van der Waals surface area contributed by atoms with E-state index in [2.05, 4.69) is 5.32 Å². The molecule has 2 N–H and O–H groups in total. The van der Waals surface area contributed by atoms with Gasteiger partial charge in [0.05, 0.1) is 20.7 Å². The van der Waals surface area contributed by atoms with Crippen molar-refractivity contribution in [1.82, 2.24) is 4.90 Å². The molecule has 0 saturated heterocycles. The van der Waals surface area contributed by atoms with E-state index in [1.807, 2.05) is 13.1 Å². The molecule has 144 valence electrons. The number of ether oxygens (including phenoxy) is 1. The molecule has 0 radical (unpaired) electrons. The molecule has 1 unspecified atom stereocenters. The third-order valence-corrected chi connectivity index (χ3v) is 4.01. The van der Waals surface area contributed by atoms with Crippen LogP contribution in [0.15, 0.2) is 48.5 Å². The van der Waals surface area contributed by atoms with Crippen LogP contribution < -0.4 is 15.0 Å². The number of carbonyl (C=O) groups is 2. The summed E-state index contributed by atoms with van der Waals surface area (Å²) in [6.07, 6.45) is 0. The minimum absolute atomic E-state index is 0.0523. The van der Waals surface area contributed by atoms with Gasteiger partial charge in [-0.05, 0) is 24.3 Å². The molecule has 0 aliphatic carbocycles. The molecule has 0 aliphatic rings. The molecule has 0 saturated carbocycles. The summed E-state index contributed by atoms with van der Waals surface area (Å²) in [5.74, 6) is -0.107. The fourth-order valence-electron chi connectivity index (χ4n) is 2.66. The zero-order chi connectivity index (χ0) is 19.8. The first-order valence-corrected chi connectivity index (χ1v) is 8.61. The van der Waals surface area contributed by atoms with E-state index < -0.39 is 0 Å². The lowest BCUT2D eigenvalue weighted by atomic mass is 10.2. The molecule has 7 heteroatoms. The summed E-state index contributed by atoms with van der Waals surface area (Å²) in [7, 11) is 4.99. The minimum atomic E-state index is -0.294. The van der Waals surface area contributed by atoms with Gasteiger partial charge in [-0.3, -0.25) is 9.59 Å². The van der Waals surface area contributed by atoms with Crippen molar-refractivity contribution in [3.05, 3.63) is 59.9 Å². The third kappa shape index (κ3) is 6.71. The van der Waals surface area contributed by atoms with Gasteiger partial charge >= 0.3 is 0 Å². The maximum Gasteiger partial charge on any atom is 0.277 e. The topological polar surface area (TPSA) is 63.1 Å². The maximum atomic E-state index is 13.2. The zero-order valence-corrected chi connectivity index (χ0v) is 15.8. The van der Waals surface area contributed by atoms with Crippen LogP contribution in [0.5, 0.6) is 5.75 Å². The highest BCUT2D eigenvalue weighted by Gasteiger charge is 2.17. The second kappa shape index (κ2) is 9.68. The summed E-state index contributed by atoms with van der Waals surface area (Å²) in [6.45, 7) is 0.677. The standard InChI is InChI=1S/C20H24FN3O3/c1-23(12-15-6-4-7-16(21)10-15)14-20(26)24(2)13-19(25)22-17-8-5-9-18(11-17)27-3/h4-11H,12-14H2,1-3H3,(H,22,25)/p+1. The highest BCUT2D eigenvalue weighted by molar-refractivity contribution is 5.94. The molecule has 0 spiro atoms. The van der Waals surface area contributed by atoms with Crippen LogP contribution >= 0.6 is 0 Å². The molecule has 27 heavy (non-hydrogen) atoms. The van der Waals surface area contributed by atoms with Crippen LogP contribution in [0.2, 0.25) is 0 Å². The Bertz CT molecular complexity index is 798. The molecule has 2 aromatic rings. The van der Waals surface area contributed by atoms with Crippen LogP contribution in [0.4, 0.5) is 10.1 Å². The summed E-state index contributed by atoms with van der Waals surface area (Å²) >= 11 is 0. The fourth-order valence-corrected chi connectivity index (χ4v) is 2.66. The number of benzene rings is 2. The van der Waals surface area contributed by atoms with Crippen molar-refractivity contribution >= 4 is 17.5 Å². The van der Waals surface area contributed by atoms with Crippen molar-refractivity contribution in [2.45, 2.75) is 6.54 Å². The highest BCUT2D eigenvalue weighted by Crippen LogP contribution is 2.16. The second-order valence-corrected chi connectivity index (χ2v) is 6.47. The van der Waals surface area contributed by atoms with Crippen molar-refractivity contribution in [3.63, 3.8) is 0 Å². The van der Waals surface area contributed by atoms with Crippen molar-refractivity contribution < 1.29 is 23.6 Å². The molecular weight excluding hydrogens is 349 g/mol. The third-order valence-electron chi connectivity index (χ3n) is 4.01. The van der Waals surface area contributed by atoms with Crippen LogP contribution in [0.1, 0.15) is 5.56 Å². The number of amides is 2. The number of hydrogen-bond acceptors (Lipinski definition) is 3. The lowest BCUT2D eigenvalue weighted by molar-refractivity contribution is -0.885. The van der Waals surface area contributed by atoms with Gasteiger partial charge in [-0.2, -0.15) is 0 Å². The predicted molar refractivity (Wildman–Crippen MR) is 101 cm³/mol. The fraction of sp³-hybridized carbons (Fsp3) is 0.300. The van der Waals surface area contributed by atoms with Crippen molar-refractivity contribution in [3.8, 4) is 5.75 Å². The number of carbonyl (C=O) groups excluding carboxylic acids is 2. The van der Waals surface area contributed by atoms with Gasteiger partial charge < -0.3 is 19.9 Å². The molecule has 2 rings (SSSR count). The number of anilines is 1. The molecule has 2 aromatic carbocycles. The second-order valence-electron chi connectivity index (χ2n) is 6.47. The molecule has 0 fully saturated rings. The van der Waals surface area contributed by atoms with Crippen LogP contribution in [-0.2, 0) is 16.1 Å². The molecule has 0 bridgehead atoms. The lowest BCUT2D eigenvalue weighted by Crippen LogP contribution is -3.08. The van der Waals surface area contributed by atoms with Crippen molar-refractivity contribution in [2.75, 3.05) is 39.6 Å². The van der Waals surface area contributed by atoms with Crippen molar-refractivity contribution in [1.29, 1.82) is 0 Å². The first-order valence-electron chi connectivity index (χ1n) is 8.61. The SMILES string of the molecule is COc1cccc(NC(=O)CN(C)C(=O)C[NH+](C)Cc2cccc(F)c2)c1. The number of halogens is 1. The maximum absolute atomic E-state index is 13.2. The monoisotopic (exact) mass is 374 g/mol. The van der Waals surface area contributed by atoms with Crippen LogP contribution in [0, 0.1) is 5.82 Å². The summed E-state index contributed by atoms with van der Waals surface area (Å²) in [6, 6.07) is 13.3. The van der Waals surface area contributed by atoms with E-state index in [0.29, 0.717) is 18.0 Å². The normalized spacial score (nSPS) is 11.6. The Morgan fingerprint density at radius 2 is 1.93 bits per heavy atom. The Morgan fingerprint density at radius 1 is 1.19 bits per heavy atom. The van der Waals surface area contributed by atoms with Gasteiger partial charge in [0.25, 0.3) is 5.91 Å². The Balaban J connectivity index is 1.82. The predicted octanol–water partition coefficient (Wildman–Crippen LogP) is 0.946. The molecule has 1 atom stereocenters. The molecule has 0 aromatic heterocycles. The van der Waals surface area contributed by atoms with Gasteiger partial charge in [0, 0.05) is 24.4 Å². The molecule has 2 amide bonds. The molecular formula is C20H25FN3O3+. The van der Waals surface area contributed by atoms with Gasteiger partial charge in [-0.25, -0.2) is 4.39 Å². The summed E-state index contributed by atoms with van der Waals surface area (Å²) in [5.41, 5.74) is 1.42.